The van der Waals surface area contributed by atoms with E-state index in [-0.39, 0.29) is 12.4 Å². The smallest absolute Gasteiger partial charge is 0.190 e. The highest BCUT2D eigenvalue weighted by molar-refractivity contribution is 7.99. The van der Waals surface area contributed by atoms with Gasteiger partial charge in [-0.3, -0.25) is 0 Å². The second-order valence-electron chi connectivity index (χ2n) is 4.80. The molecule has 0 amide bonds. The third-order valence-electron chi connectivity index (χ3n) is 3.59. The Morgan fingerprint density at radius 3 is 2.61 bits per heavy atom. The van der Waals surface area contributed by atoms with Crippen LogP contribution in [-0.2, 0) is 13.6 Å². The summed E-state index contributed by atoms with van der Waals surface area (Å²) in [5, 5.41) is 9.23. The van der Waals surface area contributed by atoms with Crippen molar-refractivity contribution in [1.82, 2.24) is 14.8 Å². The monoisotopic (exact) mass is 290 g/mol. The van der Waals surface area contributed by atoms with E-state index < -0.39 is 0 Å². The number of thioether (sulfide) groups is 1. The van der Waals surface area contributed by atoms with Crippen molar-refractivity contribution < 1.29 is 0 Å². The molecule has 2 N–H and O–H groups in total. The van der Waals surface area contributed by atoms with Crippen LogP contribution in [-0.4, -0.2) is 20.5 Å². The van der Waals surface area contributed by atoms with Crippen LogP contribution in [0.15, 0.2) is 5.16 Å². The molecule has 1 aliphatic carbocycles. The van der Waals surface area contributed by atoms with Gasteiger partial charge in [0.25, 0.3) is 0 Å². The molecule has 0 aliphatic heterocycles. The minimum absolute atomic E-state index is 0. The molecule has 1 fully saturated rings. The van der Waals surface area contributed by atoms with E-state index in [9.17, 15) is 0 Å². The first-order valence-electron chi connectivity index (χ1n) is 6.52. The van der Waals surface area contributed by atoms with Crippen LogP contribution in [0.25, 0.3) is 0 Å². The van der Waals surface area contributed by atoms with Gasteiger partial charge in [-0.05, 0) is 12.3 Å². The van der Waals surface area contributed by atoms with E-state index in [4.69, 9.17) is 5.73 Å². The summed E-state index contributed by atoms with van der Waals surface area (Å²) in [6.45, 7) is 0.465. The van der Waals surface area contributed by atoms with Crippen LogP contribution < -0.4 is 5.73 Å². The fraction of sp³-hybridized carbons (Fsp3) is 0.833. The molecule has 0 saturated heterocycles. The molecule has 1 aliphatic rings. The van der Waals surface area contributed by atoms with Crippen molar-refractivity contribution in [2.45, 2.75) is 50.2 Å². The van der Waals surface area contributed by atoms with Crippen molar-refractivity contribution in [2.75, 3.05) is 5.75 Å². The van der Waals surface area contributed by atoms with Crippen molar-refractivity contribution in [3.05, 3.63) is 5.82 Å². The van der Waals surface area contributed by atoms with Crippen molar-refractivity contribution in [1.29, 1.82) is 0 Å². The lowest BCUT2D eigenvalue weighted by Gasteiger charge is -2.20. The molecule has 1 aromatic rings. The minimum Gasteiger partial charge on any atom is -0.324 e. The number of hydrogen-bond donors (Lipinski definition) is 1. The van der Waals surface area contributed by atoms with Crippen molar-refractivity contribution in [3.8, 4) is 0 Å². The van der Waals surface area contributed by atoms with E-state index in [1.54, 1.807) is 0 Å². The molecule has 1 heterocycles. The molecule has 1 saturated carbocycles. The molecule has 0 radical (unpaired) electrons. The zero-order valence-corrected chi connectivity index (χ0v) is 12.6. The predicted molar refractivity (Wildman–Crippen MR) is 78.1 cm³/mol. The molecular formula is C12H23ClN4S. The van der Waals surface area contributed by atoms with Crippen LogP contribution in [0.2, 0.25) is 0 Å². The van der Waals surface area contributed by atoms with Crippen LogP contribution in [0.1, 0.15) is 44.3 Å². The molecule has 2 rings (SSSR count). The van der Waals surface area contributed by atoms with Gasteiger partial charge in [0.15, 0.2) is 5.16 Å². The van der Waals surface area contributed by atoms with Crippen molar-refractivity contribution in [3.63, 3.8) is 0 Å². The summed E-state index contributed by atoms with van der Waals surface area (Å²) in [5.41, 5.74) is 5.58. The van der Waals surface area contributed by atoms with Gasteiger partial charge in [-0.1, -0.05) is 43.9 Å². The van der Waals surface area contributed by atoms with Gasteiger partial charge in [0.2, 0.25) is 0 Å². The van der Waals surface area contributed by atoms with E-state index >= 15 is 0 Å². The van der Waals surface area contributed by atoms with Crippen LogP contribution in [0.3, 0.4) is 0 Å². The summed E-state index contributed by atoms with van der Waals surface area (Å²) in [5.74, 6) is 2.96. The van der Waals surface area contributed by atoms with E-state index in [0.717, 1.165) is 22.7 Å². The van der Waals surface area contributed by atoms with Gasteiger partial charge in [-0.2, -0.15) is 0 Å². The number of hydrogen-bond acceptors (Lipinski definition) is 4. The standard InChI is InChI=1S/C12H22N4S.ClH/c1-16-11(9-13)14-15-12(16)17-8-7-10-5-3-2-4-6-10;/h10H,2-9,13H2,1H3;1H. The summed E-state index contributed by atoms with van der Waals surface area (Å²) in [7, 11) is 1.99. The minimum atomic E-state index is 0. The second-order valence-corrected chi connectivity index (χ2v) is 5.87. The summed E-state index contributed by atoms with van der Waals surface area (Å²) in [6.07, 6.45) is 8.45. The van der Waals surface area contributed by atoms with Gasteiger partial charge in [-0.15, -0.1) is 22.6 Å². The normalized spacial score (nSPS) is 16.6. The van der Waals surface area contributed by atoms with Crippen LogP contribution >= 0.6 is 24.2 Å². The Hall–Kier alpha value is -0.260. The van der Waals surface area contributed by atoms with Crippen LogP contribution in [0.4, 0.5) is 0 Å². The Morgan fingerprint density at radius 1 is 1.28 bits per heavy atom. The molecule has 0 unspecified atom stereocenters. The van der Waals surface area contributed by atoms with E-state index in [0.29, 0.717) is 6.54 Å². The third-order valence-corrected chi connectivity index (χ3v) is 4.64. The van der Waals surface area contributed by atoms with Gasteiger partial charge in [-0.25, -0.2) is 0 Å². The first kappa shape index (κ1) is 15.8. The van der Waals surface area contributed by atoms with Gasteiger partial charge < -0.3 is 10.3 Å². The molecule has 104 valence electrons. The molecule has 4 nitrogen and oxygen atoms in total. The number of nitrogens with two attached hydrogens (primary N) is 1. The number of halogens is 1. The number of aromatic nitrogens is 3. The van der Waals surface area contributed by atoms with Crippen LogP contribution in [0, 0.1) is 5.92 Å². The highest BCUT2D eigenvalue weighted by atomic mass is 35.5. The summed E-state index contributed by atoms with van der Waals surface area (Å²) >= 11 is 1.81. The lowest BCUT2D eigenvalue weighted by molar-refractivity contribution is 0.351. The molecule has 0 bridgehead atoms. The lowest BCUT2D eigenvalue weighted by Crippen LogP contribution is -2.08. The number of nitrogens with zero attached hydrogens (tertiary/aromatic N) is 3. The molecule has 18 heavy (non-hydrogen) atoms. The first-order chi connectivity index (χ1) is 8.31. The Bertz CT molecular complexity index is 350. The SMILES string of the molecule is Cl.Cn1c(CN)nnc1SCCC1CCCCC1. The van der Waals surface area contributed by atoms with Gasteiger partial charge in [0.1, 0.15) is 5.82 Å². The van der Waals surface area contributed by atoms with Gasteiger partial charge in [0, 0.05) is 12.8 Å². The Morgan fingerprint density at radius 2 is 2.00 bits per heavy atom. The predicted octanol–water partition coefficient (Wildman–Crippen LogP) is 2.76. The fourth-order valence-corrected chi connectivity index (χ4v) is 3.47. The fourth-order valence-electron chi connectivity index (χ4n) is 2.44. The summed E-state index contributed by atoms with van der Waals surface area (Å²) in [4.78, 5) is 0. The van der Waals surface area contributed by atoms with E-state index in [1.165, 1.54) is 38.5 Å². The molecule has 1 aromatic heterocycles. The summed E-state index contributed by atoms with van der Waals surface area (Å²) in [6, 6.07) is 0. The van der Waals surface area contributed by atoms with Gasteiger partial charge >= 0.3 is 0 Å². The lowest BCUT2D eigenvalue weighted by atomic mass is 9.88. The second kappa shape index (κ2) is 8.02. The maximum Gasteiger partial charge on any atom is 0.190 e. The van der Waals surface area contributed by atoms with Gasteiger partial charge in [0.05, 0.1) is 6.54 Å². The maximum atomic E-state index is 5.58. The van der Waals surface area contributed by atoms with Crippen molar-refractivity contribution >= 4 is 24.2 Å². The average Bonchev–Trinajstić information content (AvgIpc) is 2.72. The third kappa shape index (κ3) is 4.14. The quantitative estimate of drug-likeness (QED) is 0.847. The first-order valence-corrected chi connectivity index (χ1v) is 7.51. The molecular weight excluding hydrogens is 268 g/mol. The molecule has 6 heteroatoms. The van der Waals surface area contributed by atoms with E-state index in [1.807, 2.05) is 23.4 Å². The highest BCUT2D eigenvalue weighted by Crippen LogP contribution is 2.28. The molecule has 0 atom stereocenters. The zero-order valence-electron chi connectivity index (χ0n) is 11.0. The largest absolute Gasteiger partial charge is 0.324 e. The molecule has 0 spiro atoms. The number of rotatable bonds is 5. The molecule has 0 aromatic carbocycles. The maximum absolute atomic E-state index is 5.58. The summed E-state index contributed by atoms with van der Waals surface area (Å²) < 4.78 is 2.01. The Kier molecular flexibility index (Phi) is 7.04. The van der Waals surface area contributed by atoms with Crippen molar-refractivity contribution in [2.24, 2.45) is 18.7 Å². The topological polar surface area (TPSA) is 56.7 Å². The van der Waals surface area contributed by atoms with Crippen LogP contribution in [0.5, 0.6) is 0 Å². The average molecular weight is 291 g/mol. The highest BCUT2D eigenvalue weighted by Gasteiger charge is 2.14. The zero-order chi connectivity index (χ0) is 12.1. The Balaban J connectivity index is 0.00000162. The van der Waals surface area contributed by atoms with E-state index in [2.05, 4.69) is 10.2 Å². The Labute approximate surface area is 120 Å².